The van der Waals surface area contributed by atoms with E-state index in [-0.39, 0.29) is 24.3 Å². The van der Waals surface area contributed by atoms with E-state index in [2.05, 4.69) is 0 Å². The van der Waals surface area contributed by atoms with Crippen LogP contribution in [-0.4, -0.2) is 29.0 Å². The Labute approximate surface area is 89.5 Å². The molecule has 1 aliphatic rings. The smallest absolute Gasteiger partial charge is 0.312 e. The molecule has 1 saturated heterocycles. The fraction of sp³-hybridized carbons (Fsp3) is 0.800. The van der Waals surface area contributed by atoms with Crippen molar-refractivity contribution in [1.29, 1.82) is 0 Å². The number of carbonyl (C=O) groups excluding carboxylic acids is 2. The first kappa shape index (κ1) is 12.0. The quantitative estimate of drug-likeness (QED) is 0.387. The Balaban J connectivity index is 2.66. The summed E-state index contributed by atoms with van der Waals surface area (Å²) < 4.78 is 5.22. The Morgan fingerprint density at radius 2 is 2.07 bits per heavy atom. The van der Waals surface area contributed by atoms with E-state index in [4.69, 9.17) is 10.6 Å². The molecule has 0 saturated carbocycles. The second kappa shape index (κ2) is 3.81. The van der Waals surface area contributed by atoms with Crippen LogP contribution in [0.2, 0.25) is 0 Å². The average Bonchev–Trinajstić information content (AvgIpc) is 2.30. The van der Waals surface area contributed by atoms with Crippen molar-refractivity contribution < 1.29 is 14.3 Å². The molecule has 15 heavy (non-hydrogen) atoms. The Morgan fingerprint density at radius 3 is 2.40 bits per heavy atom. The predicted octanol–water partition coefficient (Wildman–Crippen LogP) is 0.296. The first-order chi connectivity index (χ1) is 6.72. The summed E-state index contributed by atoms with van der Waals surface area (Å²) in [6.45, 7) is 7.34. The van der Waals surface area contributed by atoms with Crippen molar-refractivity contribution in [2.75, 3.05) is 6.54 Å². The van der Waals surface area contributed by atoms with E-state index >= 15 is 0 Å². The third kappa shape index (κ3) is 2.68. The summed E-state index contributed by atoms with van der Waals surface area (Å²) >= 11 is 0. The Bertz CT molecular complexity index is 283. The van der Waals surface area contributed by atoms with Crippen LogP contribution in [0.5, 0.6) is 0 Å². The molecule has 0 aliphatic carbocycles. The molecule has 2 unspecified atom stereocenters. The highest BCUT2D eigenvalue weighted by Crippen LogP contribution is 2.25. The molecular formula is C10H18N2O3. The van der Waals surface area contributed by atoms with Crippen molar-refractivity contribution in [3.63, 3.8) is 0 Å². The zero-order valence-corrected chi connectivity index (χ0v) is 9.61. The first-order valence-corrected chi connectivity index (χ1v) is 5.01. The van der Waals surface area contributed by atoms with E-state index in [1.807, 2.05) is 0 Å². The number of nitrogens with zero attached hydrogens (tertiary/aromatic N) is 1. The molecule has 86 valence electrons. The summed E-state index contributed by atoms with van der Waals surface area (Å²) in [5.74, 6) is 4.06. The molecule has 1 rings (SSSR count). The van der Waals surface area contributed by atoms with Gasteiger partial charge in [0.05, 0.1) is 18.4 Å². The maximum Gasteiger partial charge on any atom is 0.312 e. The SMILES string of the molecule is CC1C(=O)N(N)CC1C(=O)OC(C)(C)C. The lowest BCUT2D eigenvalue weighted by Gasteiger charge is -2.22. The van der Waals surface area contributed by atoms with E-state index in [0.29, 0.717) is 0 Å². The van der Waals surface area contributed by atoms with Crippen molar-refractivity contribution in [3.05, 3.63) is 0 Å². The highest BCUT2D eigenvalue weighted by atomic mass is 16.6. The lowest BCUT2D eigenvalue weighted by Crippen LogP contribution is -2.34. The molecule has 5 heteroatoms. The van der Waals surface area contributed by atoms with Gasteiger partial charge in [0.2, 0.25) is 5.91 Å². The molecule has 1 fully saturated rings. The van der Waals surface area contributed by atoms with Crippen LogP contribution >= 0.6 is 0 Å². The van der Waals surface area contributed by atoms with E-state index in [1.54, 1.807) is 27.7 Å². The van der Waals surface area contributed by atoms with Crippen molar-refractivity contribution in [2.45, 2.75) is 33.3 Å². The lowest BCUT2D eigenvalue weighted by molar-refractivity contribution is -0.161. The third-order valence-electron chi connectivity index (χ3n) is 2.38. The largest absolute Gasteiger partial charge is 0.460 e. The standard InChI is InChI=1S/C10H18N2O3/c1-6-7(5-12(11)8(6)13)9(14)15-10(2,3)4/h6-7H,5,11H2,1-4H3. The van der Waals surface area contributed by atoms with Crippen molar-refractivity contribution in [3.8, 4) is 0 Å². The molecule has 0 aromatic carbocycles. The van der Waals surface area contributed by atoms with E-state index in [1.165, 1.54) is 0 Å². The monoisotopic (exact) mass is 214 g/mol. The van der Waals surface area contributed by atoms with Crippen LogP contribution in [0.4, 0.5) is 0 Å². The maximum absolute atomic E-state index is 11.7. The average molecular weight is 214 g/mol. The van der Waals surface area contributed by atoms with Gasteiger partial charge in [-0.2, -0.15) is 0 Å². The van der Waals surface area contributed by atoms with Crippen LogP contribution in [0.15, 0.2) is 0 Å². The van der Waals surface area contributed by atoms with Gasteiger partial charge in [-0.3, -0.25) is 14.6 Å². The number of carbonyl (C=O) groups is 2. The number of amides is 1. The van der Waals surface area contributed by atoms with Gasteiger partial charge in [-0.1, -0.05) is 6.92 Å². The Hall–Kier alpha value is -1.10. The molecule has 0 radical (unpaired) electrons. The summed E-state index contributed by atoms with van der Waals surface area (Å²) in [7, 11) is 0. The van der Waals surface area contributed by atoms with Gasteiger partial charge >= 0.3 is 5.97 Å². The van der Waals surface area contributed by atoms with Crippen LogP contribution in [0.1, 0.15) is 27.7 Å². The van der Waals surface area contributed by atoms with Crippen LogP contribution in [0, 0.1) is 11.8 Å². The normalized spacial score (nSPS) is 27.0. The van der Waals surface area contributed by atoms with Crippen LogP contribution in [0.3, 0.4) is 0 Å². The molecule has 0 aromatic rings. The van der Waals surface area contributed by atoms with Crippen LogP contribution < -0.4 is 5.84 Å². The number of hydrogen-bond acceptors (Lipinski definition) is 4. The second-order valence-corrected chi connectivity index (χ2v) is 4.92. The molecule has 1 heterocycles. The maximum atomic E-state index is 11.7. The highest BCUT2D eigenvalue weighted by Gasteiger charge is 2.42. The molecule has 2 atom stereocenters. The molecule has 2 N–H and O–H groups in total. The number of nitrogens with two attached hydrogens (primary N) is 1. The van der Waals surface area contributed by atoms with Gasteiger partial charge in [-0.25, -0.2) is 5.84 Å². The summed E-state index contributed by atoms with van der Waals surface area (Å²) in [4.78, 5) is 23.1. The highest BCUT2D eigenvalue weighted by molar-refractivity contribution is 5.88. The van der Waals surface area contributed by atoms with Gasteiger partial charge in [0, 0.05) is 0 Å². The predicted molar refractivity (Wildman–Crippen MR) is 54.4 cm³/mol. The van der Waals surface area contributed by atoms with E-state index in [0.717, 1.165) is 5.01 Å². The summed E-state index contributed by atoms with van der Waals surface area (Å²) in [5.41, 5.74) is -0.526. The van der Waals surface area contributed by atoms with Gasteiger partial charge in [-0.05, 0) is 20.8 Å². The minimum Gasteiger partial charge on any atom is -0.460 e. The van der Waals surface area contributed by atoms with Gasteiger partial charge in [-0.15, -0.1) is 0 Å². The van der Waals surface area contributed by atoms with Crippen LogP contribution in [0.25, 0.3) is 0 Å². The minimum atomic E-state index is -0.526. The van der Waals surface area contributed by atoms with Gasteiger partial charge in [0.1, 0.15) is 5.60 Å². The lowest BCUT2D eigenvalue weighted by atomic mass is 9.97. The second-order valence-electron chi connectivity index (χ2n) is 4.92. The molecule has 0 bridgehead atoms. The molecule has 0 aromatic heterocycles. The fourth-order valence-corrected chi connectivity index (χ4v) is 1.55. The molecule has 1 amide bonds. The van der Waals surface area contributed by atoms with E-state index < -0.39 is 11.5 Å². The molecule has 1 aliphatic heterocycles. The van der Waals surface area contributed by atoms with Gasteiger partial charge in [0.15, 0.2) is 0 Å². The number of hydrazine groups is 1. The van der Waals surface area contributed by atoms with Crippen LogP contribution in [-0.2, 0) is 14.3 Å². The summed E-state index contributed by atoms with van der Waals surface area (Å²) in [5, 5.41) is 1.08. The number of esters is 1. The molecule has 0 spiro atoms. The molecular weight excluding hydrogens is 196 g/mol. The number of hydrogen-bond donors (Lipinski definition) is 1. The zero-order chi connectivity index (χ0) is 11.8. The Morgan fingerprint density at radius 1 is 1.53 bits per heavy atom. The van der Waals surface area contributed by atoms with E-state index in [9.17, 15) is 9.59 Å². The first-order valence-electron chi connectivity index (χ1n) is 5.01. The van der Waals surface area contributed by atoms with Crippen molar-refractivity contribution in [1.82, 2.24) is 5.01 Å². The molecule has 5 nitrogen and oxygen atoms in total. The van der Waals surface area contributed by atoms with Gasteiger partial charge in [0.25, 0.3) is 0 Å². The topological polar surface area (TPSA) is 72.6 Å². The number of rotatable bonds is 1. The van der Waals surface area contributed by atoms with Crippen molar-refractivity contribution in [2.24, 2.45) is 17.7 Å². The Kier molecular flexibility index (Phi) is 3.04. The number of ether oxygens (including phenoxy) is 1. The minimum absolute atomic E-state index is 0.203. The van der Waals surface area contributed by atoms with Gasteiger partial charge < -0.3 is 4.74 Å². The fourth-order valence-electron chi connectivity index (χ4n) is 1.55. The summed E-state index contributed by atoms with van der Waals surface area (Å²) in [6.07, 6.45) is 0. The summed E-state index contributed by atoms with van der Waals surface area (Å²) in [6, 6.07) is 0. The van der Waals surface area contributed by atoms with Crippen molar-refractivity contribution >= 4 is 11.9 Å². The zero-order valence-electron chi connectivity index (χ0n) is 9.61. The third-order valence-corrected chi connectivity index (χ3v) is 2.38.